The molecule has 1 aliphatic rings. The molecule has 0 atom stereocenters. The van der Waals surface area contributed by atoms with Gasteiger partial charge in [-0.3, -0.25) is 9.59 Å². The fourth-order valence-electron chi connectivity index (χ4n) is 2.49. The van der Waals surface area contributed by atoms with Crippen LogP contribution in [-0.4, -0.2) is 42.4 Å². The van der Waals surface area contributed by atoms with Crippen molar-refractivity contribution in [2.45, 2.75) is 16.2 Å². The average Bonchev–Trinajstić information content (AvgIpc) is 2.90. The van der Waals surface area contributed by atoms with Crippen LogP contribution >= 0.6 is 23.5 Å². The lowest BCUT2D eigenvalue weighted by Crippen LogP contribution is -2.30. The molecular weight excluding hydrogens is 396 g/mol. The van der Waals surface area contributed by atoms with Gasteiger partial charge in [0.15, 0.2) is 6.61 Å². The van der Waals surface area contributed by atoms with E-state index >= 15 is 0 Å². The highest BCUT2D eigenvalue weighted by Crippen LogP contribution is 2.31. The van der Waals surface area contributed by atoms with E-state index in [9.17, 15) is 14.4 Å². The summed E-state index contributed by atoms with van der Waals surface area (Å²) in [7, 11) is 0. The van der Waals surface area contributed by atoms with E-state index < -0.39 is 5.97 Å². The van der Waals surface area contributed by atoms with E-state index in [1.54, 1.807) is 41.7 Å². The normalized spacial score (nSPS) is 13.1. The van der Waals surface area contributed by atoms with Crippen molar-refractivity contribution < 1.29 is 19.1 Å². The summed E-state index contributed by atoms with van der Waals surface area (Å²) >= 11 is 3.20. The zero-order valence-electron chi connectivity index (χ0n) is 15.1. The molecule has 1 aliphatic heterocycles. The van der Waals surface area contributed by atoms with Gasteiger partial charge in [-0.15, -0.1) is 23.5 Å². The monoisotopic (exact) mass is 416 g/mol. The second kappa shape index (κ2) is 10.2. The third kappa shape index (κ3) is 6.03. The van der Waals surface area contributed by atoms with Gasteiger partial charge in [0.1, 0.15) is 0 Å². The Morgan fingerprint density at radius 3 is 2.82 bits per heavy atom. The molecule has 0 aromatic heterocycles. The molecule has 8 heteroatoms. The van der Waals surface area contributed by atoms with Gasteiger partial charge < -0.3 is 15.4 Å². The van der Waals surface area contributed by atoms with Crippen molar-refractivity contribution in [1.29, 1.82) is 0 Å². The van der Waals surface area contributed by atoms with Gasteiger partial charge in [-0.1, -0.05) is 18.2 Å². The molecule has 146 valence electrons. The first-order valence-corrected chi connectivity index (χ1v) is 10.8. The number of ether oxygens (including phenoxy) is 1. The van der Waals surface area contributed by atoms with E-state index in [1.165, 1.54) is 0 Å². The molecule has 0 saturated heterocycles. The molecule has 2 amide bonds. The molecule has 28 heavy (non-hydrogen) atoms. The minimum atomic E-state index is -0.597. The van der Waals surface area contributed by atoms with Crippen LogP contribution in [0.1, 0.15) is 16.8 Å². The molecule has 6 nitrogen and oxygen atoms in total. The Balaban J connectivity index is 1.42. The van der Waals surface area contributed by atoms with Crippen molar-refractivity contribution in [2.75, 3.05) is 30.0 Å². The Labute approximate surface area is 171 Å². The van der Waals surface area contributed by atoms with Crippen LogP contribution in [0.2, 0.25) is 0 Å². The van der Waals surface area contributed by atoms with Crippen LogP contribution in [0.15, 0.2) is 58.3 Å². The number of hydrogen-bond acceptors (Lipinski definition) is 6. The van der Waals surface area contributed by atoms with Crippen molar-refractivity contribution in [3.8, 4) is 0 Å². The third-order valence-corrected chi connectivity index (χ3v) is 5.94. The number of esters is 1. The number of benzene rings is 2. The summed E-state index contributed by atoms with van der Waals surface area (Å²) in [6.07, 6.45) is 0.432. The van der Waals surface area contributed by atoms with Crippen molar-refractivity contribution in [3.05, 3.63) is 54.1 Å². The highest BCUT2D eigenvalue weighted by molar-refractivity contribution is 7.99. The molecule has 0 radical (unpaired) electrons. The standard InChI is InChI=1S/C20H20N2O4S2/c23-18-8-10-28-17-7-6-14(12-16(17)22-18)20(25)26-13-19(24)21-9-11-27-15-4-2-1-3-5-15/h1-7,12H,8-11,13H2,(H,21,24)(H,22,23). The second-order valence-electron chi connectivity index (χ2n) is 5.95. The predicted octanol–water partition coefficient (Wildman–Crippen LogP) is 3.19. The highest BCUT2D eigenvalue weighted by atomic mass is 32.2. The SMILES string of the molecule is O=C(COC(=O)c1ccc2c(c1)NC(=O)CCS2)NCCSc1ccccc1. The van der Waals surface area contributed by atoms with Gasteiger partial charge in [0.2, 0.25) is 5.91 Å². The maximum Gasteiger partial charge on any atom is 0.338 e. The Morgan fingerprint density at radius 1 is 1.18 bits per heavy atom. The smallest absolute Gasteiger partial charge is 0.338 e. The second-order valence-corrected chi connectivity index (χ2v) is 8.25. The largest absolute Gasteiger partial charge is 0.452 e. The Morgan fingerprint density at radius 2 is 2.00 bits per heavy atom. The summed E-state index contributed by atoms with van der Waals surface area (Å²) in [5.74, 6) is 0.405. The molecule has 0 bridgehead atoms. The van der Waals surface area contributed by atoms with Gasteiger partial charge in [-0.2, -0.15) is 0 Å². The lowest BCUT2D eigenvalue weighted by Gasteiger charge is -2.09. The topological polar surface area (TPSA) is 84.5 Å². The van der Waals surface area contributed by atoms with E-state index in [1.807, 2.05) is 30.3 Å². The quantitative estimate of drug-likeness (QED) is 0.410. The molecule has 2 aromatic rings. The minimum absolute atomic E-state index is 0.0792. The van der Waals surface area contributed by atoms with E-state index in [0.29, 0.717) is 30.0 Å². The molecule has 2 aromatic carbocycles. The van der Waals surface area contributed by atoms with Gasteiger partial charge in [0.25, 0.3) is 5.91 Å². The lowest BCUT2D eigenvalue weighted by atomic mass is 10.2. The summed E-state index contributed by atoms with van der Waals surface area (Å²) < 4.78 is 5.08. The molecule has 0 aliphatic carbocycles. The molecule has 0 saturated carbocycles. The molecule has 0 unspecified atom stereocenters. The zero-order valence-corrected chi connectivity index (χ0v) is 16.7. The van der Waals surface area contributed by atoms with Crippen LogP contribution in [0.25, 0.3) is 0 Å². The lowest BCUT2D eigenvalue weighted by molar-refractivity contribution is -0.124. The molecule has 1 heterocycles. The number of rotatable bonds is 7. The molecule has 3 rings (SSSR count). The van der Waals surface area contributed by atoms with Gasteiger partial charge in [-0.25, -0.2) is 4.79 Å². The minimum Gasteiger partial charge on any atom is -0.452 e. The Kier molecular flexibility index (Phi) is 7.39. The summed E-state index contributed by atoms with van der Waals surface area (Å²) in [5.41, 5.74) is 0.901. The molecule has 0 spiro atoms. The number of thioether (sulfide) groups is 2. The summed E-state index contributed by atoms with van der Waals surface area (Å²) in [6, 6.07) is 14.9. The fraction of sp³-hybridized carbons (Fsp3) is 0.250. The average molecular weight is 417 g/mol. The van der Waals surface area contributed by atoms with Crippen LogP contribution in [0.4, 0.5) is 5.69 Å². The third-order valence-electron chi connectivity index (χ3n) is 3.85. The maximum absolute atomic E-state index is 12.2. The number of carbonyl (C=O) groups excluding carboxylic acids is 3. The number of amides is 2. The van der Waals surface area contributed by atoms with Crippen molar-refractivity contribution in [2.24, 2.45) is 0 Å². The van der Waals surface area contributed by atoms with Gasteiger partial charge in [0, 0.05) is 34.3 Å². The number of nitrogens with one attached hydrogen (secondary N) is 2. The van der Waals surface area contributed by atoms with Crippen LogP contribution in [-0.2, 0) is 14.3 Å². The number of hydrogen-bond donors (Lipinski definition) is 2. The van der Waals surface area contributed by atoms with Crippen LogP contribution < -0.4 is 10.6 Å². The van der Waals surface area contributed by atoms with E-state index in [0.717, 1.165) is 15.5 Å². The van der Waals surface area contributed by atoms with Crippen LogP contribution in [0.5, 0.6) is 0 Å². The number of carbonyl (C=O) groups is 3. The van der Waals surface area contributed by atoms with Gasteiger partial charge >= 0.3 is 5.97 Å². The maximum atomic E-state index is 12.2. The molecule has 2 N–H and O–H groups in total. The van der Waals surface area contributed by atoms with Gasteiger partial charge in [-0.05, 0) is 30.3 Å². The highest BCUT2D eigenvalue weighted by Gasteiger charge is 2.17. The van der Waals surface area contributed by atoms with E-state index in [2.05, 4.69) is 10.6 Å². The molecule has 0 fully saturated rings. The first-order valence-electron chi connectivity index (χ1n) is 8.80. The summed E-state index contributed by atoms with van der Waals surface area (Å²) in [4.78, 5) is 37.8. The zero-order chi connectivity index (χ0) is 19.8. The predicted molar refractivity (Wildman–Crippen MR) is 111 cm³/mol. The van der Waals surface area contributed by atoms with Crippen LogP contribution in [0.3, 0.4) is 0 Å². The van der Waals surface area contributed by atoms with E-state index in [4.69, 9.17) is 4.74 Å². The molecular formula is C20H20N2O4S2. The Bertz CT molecular complexity index is 859. The van der Waals surface area contributed by atoms with Crippen molar-refractivity contribution in [1.82, 2.24) is 5.32 Å². The van der Waals surface area contributed by atoms with Crippen molar-refractivity contribution in [3.63, 3.8) is 0 Å². The van der Waals surface area contributed by atoms with Crippen LogP contribution in [0, 0.1) is 0 Å². The summed E-state index contributed by atoms with van der Waals surface area (Å²) in [5, 5.41) is 5.51. The van der Waals surface area contributed by atoms with Crippen molar-refractivity contribution >= 4 is 47.0 Å². The first kappa shape index (κ1) is 20.3. The first-order chi connectivity index (χ1) is 13.6. The summed E-state index contributed by atoms with van der Waals surface area (Å²) in [6.45, 7) is 0.144. The van der Waals surface area contributed by atoms with Gasteiger partial charge in [0.05, 0.1) is 11.3 Å². The Hall–Kier alpha value is -2.45. The number of anilines is 1. The fourth-order valence-corrected chi connectivity index (χ4v) is 4.21. The number of fused-ring (bicyclic) bond motifs is 1. The van der Waals surface area contributed by atoms with E-state index in [-0.39, 0.29) is 18.4 Å².